The maximum Gasteiger partial charge on any atom is 0.277 e. The van der Waals surface area contributed by atoms with E-state index in [4.69, 9.17) is 0 Å². The van der Waals surface area contributed by atoms with Gasteiger partial charge >= 0.3 is 0 Å². The Morgan fingerprint density at radius 3 is 2.57 bits per heavy atom. The Labute approximate surface area is 173 Å². The topological polar surface area (TPSA) is 144 Å². The number of quaternary nitrogens is 1. The Morgan fingerprint density at radius 1 is 1.23 bits per heavy atom. The molecule has 0 unspecified atom stereocenters. The van der Waals surface area contributed by atoms with Gasteiger partial charge in [-0.15, -0.1) is 0 Å². The van der Waals surface area contributed by atoms with E-state index in [1.54, 1.807) is 0 Å². The van der Waals surface area contributed by atoms with E-state index in [0.717, 1.165) is 28.6 Å². The minimum absolute atomic E-state index is 0.0237. The number of piperazine rings is 1. The largest absolute Gasteiger partial charge is 0.354 e. The zero-order chi connectivity index (χ0) is 21.9. The molecular formula is C18H25FN5O5S+. The van der Waals surface area contributed by atoms with Crippen LogP contribution in [0.4, 0.5) is 4.39 Å². The highest BCUT2D eigenvalue weighted by Gasteiger charge is 2.42. The van der Waals surface area contributed by atoms with Crippen LogP contribution in [0.15, 0.2) is 29.2 Å². The Balaban J connectivity index is 1.87. The number of amides is 3. The molecule has 3 amide bonds. The van der Waals surface area contributed by atoms with Crippen LogP contribution in [0.3, 0.4) is 0 Å². The Bertz CT molecular complexity index is 923. The van der Waals surface area contributed by atoms with E-state index in [2.05, 4.69) is 16.4 Å². The molecule has 0 spiro atoms. The number of piperidine rings is 1. The number of nitrogens with zero attached hydrogens (tertiary/aromatic N) is 2. The van der Waals surface area contributed by atoms with Gasteiger partial charge in [0, 0.05) is 26.2 Å². The third kappa shape index (κ3) is 4.60. The van der Waals surface area contributed by atoms with Gasteiger partial charge < -0.3 is 21.3 Å². The van der Waals surface area contributed by atoms with Gasteiger partial charge in [-0.1, -0.05) is 0 Å². The van der Waals surface area contributed by atoms with Gasteiger partial charge in [-0.2, -0.15) is 4.31 Å². The first-order valence-electron chi connectivity index (χ1n) is 9.66. The molecule has 0 aliphatic carbocycles. The molecule has 0 bridgehead atoms. The van der Waals surface area contributed by atoms with E-state index in [1.807, 2.05) is 0 Å². The predicted octanol–water partition coefficient (Wildman–Crippen LogP) is -2.34. The molecule has 2 saturated heterocycles. The summed E-state index contributed by atoms with van der Waals surface area (Å²) in [5.74, 6) is -1.88. The lowest BCUT2D eigenvalue weighted by atomic mass is 10.1. The van der Waals surface area contributed by atoms with E-state index in [9.17, 15) is 27.2 Å². The van der Waals surface area contributed by atoms with Crippen molar-refractivity contribution in [2.45, 2.75) is 29.8 Å². The van der Waals surface area contributed by atoms with Gasteiger partial charge in [0.25, 0.3) is 5.91 Å². The minimum atomic E-state index is -4.13. The molecule has 0 radical (unpaired) electrons. The molecule has 164 valence electrons. The quantitative estimate of drug-likeness (QED) is 0.468. The normalized spacial score (nSPS) is 23.0. The molecule has 2 fully saturated rings. The van der Waals surface area contributed by atoms with Crippen LogP contribution in [0.25, 0.3) is 0 Å². The van der Waals surface area contributed by atoms with Crippen molar-refractivity contribution in [2.24, 2.45) is 0 Å². The summed E-state index contributed by atoms with van der Waals surface area (Å²) in [6.07, 6.45) is 1.13. The lowest BCUT2D eigenvalue weighted by Gasteiger charge is -2.39. The summed E-state index contributed by atoms with van der Waals surface area (Å²) in [7, 11) is -4.13. The lowest BCUT2D eigenvalue weighted by molar-refractivity contribution is -0.357. The first-order chi connectivity index (χ1) is 14.2. The van der Waals surface area contributed by atoms with Crippen molar-refractivity contribution < 1.29 is 32.9 Å². The minimum Gasteiger partial charge on any atom is -0.354 e. The van der Waals surface area contributed by atoms with E-state index in [1.165, 1.54) is 4.90 Å². The van der Waals surface area contributed by atoms with Crippen LogP contribution in [0.1, 0.15) is 12.8 Å². The van der Waals surface area contributed by atoms with E-state index in [0.29, 0.717) is 19.4 Å². The standard InChI is InChI=1S/C18H24FN5O5S/c19-12-3-5-13(6-4-12)30(28,29)24-9-8-23(16(25)10-20)11-15(24)18(27)22-14-2-1-7-21-17(14)26/h3-6,14-15H,1-2,7-11,20H2,(H,21,26)(H,22,27)/p+1/t14-,15+/m0/s1. The number of hydrogen-bond acceptors (Lipinski definition) is 5. The van der Waals surface area contributed by atoms with Gasteiger partial charge in [0.1, 0.15) is 17.9 Å². The fraction of sp³-hybridized carbons (Fsp3) is 0.500. The first-order valence-corrected chi connectivity index (χ1v) is 11.1. The van der Waals surface area contributed by atoms with Gasteiger partial charge in [-0.05, 0) is 37.1 Å². The third-order valence-electron chi connectivity index (χ3n) is 5.22. The average Bonchev–Trinajstić information content (AvgIpc) is 2.74. The van der Waals surface area contributed by atoms with E-state index >= 15 is 0 Å². The maximum absolute atomic E-state index is 13.2. The SMILES string of the molecule is [NH3+]CC(=O)N1CCN(S(=O)(=O)c2ccc(F)cc2)[C@@H](C(=O)N[C@H]2CCCNC2=O)C1. The number of sulfonamides is 1. The number of rotatable bonds is 5. The molecule has 2 aliphatic heterocycles. The fourth-order valence-electron chi connectivity index (χ4n) is 3.57. The summed E-state index contributed by atoms with van der Waals surface area (Å²) in [6, 6.07) is 2.32. The third-order valence-corrected chi connectivity index (χ3v) is 7.14. The predicted molar refractivity (Wildman–Crippen MR) is 103 cm³/mol. The molecule has 1 aromatic carbocycles. The smallest absolute Gasteiger partial charge is 0.277 e. The van der Waals surface area contributed by atoms with Crippen molar-refractivity contribution in [1.29, 1.82) is 0 Å². The van der Waals surface area contributed by atoms with Crippen LogP contribution in [0.5, 0.6) is 0 Å². The molecule has 3 rings (SSSR count). The van der Waals surface area contributed by atoms with Crippen LogP contribution >= 0.6 is 0 Å². The van der Waals surface area contributed by atoms with Crippen molar-refractivity contribution in [3.05, 3.63) is 30.1 Å². The van der Waals surface area contributed by atoms with Crippen LogP contribution in [-0.4, -0.2) is 80.2 Å². The first kappa shape index (κ1) is 22.1. The molecule has 1 aromatic rings. The molecule has 0 saturated carbocycles. The summed E-state index contributed by atoms with van der Waals surface area (Å²) < 4.78 is 40.5. The van der Waals surface area contributed by atoms with Crippen molar-refractivity contribution in [1.82, 2.24) is 19.8 Å². The summed E-state index contributed by atoms with van der Waals surface area (Å²) in [6.45, 7) is 0.327. The second-order valence-corrected chi connectivity index (χ2v) is 9.06. The molecule has 2 atom stereocenters. The Morgan fingerprint density at radius 2 is 1.93 bits per heavy atom. The number of nitrogens with one attached hydrogen (secondary N) is 2. The summed E-state index contributed by atoms with van der Waals surface area (Å²) >= 11 is 0. The molecule has 0 aromatic heterocycles. The van der Waals surface area contributed by atoms with Crippen molar-refractivity contribution in [3.8, 4) is 0 Å². The number of carbonyl (C=O) groups excluding carboxylic acids is 3. The zero-order valence-corrected chi connectivity index (χ0v) is 17.2. The summed E-state index contributed by atoms with van der Waals surface area (Å²) in [4.78, 5) is 38.3. The highest BCUT2D eigenvalue weighted by molar-refractivity contribution is 7.89. The van der Waals surface area contributed by atoms with Crippen molar-refractivity contribution in [3.63, 3.8) is 0 Å². The molecule has 5 N–H and O–H groups in total. The number of benzene rings is 1. The Kier molecular flexibility index (Phi) is 6.68. The molecular weight excluding hydrogens is 417 g/mol. The lowest BCUT2D eigenvalue weighted by Crippen LogP contribution is -2.66. The van der Waals surface area contributed by atoms with E-state index < -0.39 is 33.8 Å². The monoisotopic (exact) mass is 442 g/mol. The summed E-state index contributed by atoms with van der Waals surface area (Å²) in [5.41, 5.74) is 3.55. The fourth-order valence-corrected chi connectivity index (χ4v) is 5.14. The van der Waals surface area contributed by atoms with Crippen LogP contribution in [0, 0.1) is 5.82 Å². The second-order valence-electron chi connectivity index (χ2n) is 7.17. The van der Waals surface area contributed by atoms with Crippen LogP contribution < -0.4 is 16.4 Å². The second kappa shape index (κ2) is 9.06. The molecule has 2 heterocycles. The van der Waals surface area contributed by atoms with Crippen molar-refractivity contribution >= 4 is 27.7 Å². The molecule has 30 heavy (non-hydrogen) atoms. The molecule has 2 aliphatic rings. The highest BCUT2D eigenvalue weighted by atomic mass is 32.2. The van der Waals surface area contributed by atoms with Crippen molar-refractivity contribution in [2.75, 3.05) is 32.7 Å². The van der Waals surface area contributed by atoms with E-state index in [-0.39, 0.29) is 42.9 Å². The molecule has 12 heteroatoms. The van der Waals surface area contributed by atoms with Crippen LogP contribution in [0.2, 0.25) is 0 Å². The number of hydrogen-bond donors (Lipinski definition) is 3. The number of halogens is 1. The summed E-state index contributed by atoms with van der Waals surface area (Å²) in [5, 5.41) is 5.26. The molecule has 10 nitrogen and oxygen atoms in total. The average molecular weight is 442 g/mol. The van der Waals surface area contributed by atoms with Crippen LogP contribution in [-0.2, 0) is 24.4 Å². The Hall–Kier alpha value is -2.57. The van der Waals surface area contributed by atoms with Gasteiger partial charge in [0.15, 0.2) is 6.54 Å². The zero-order valence-electron chi connectivity index (χ0n) is 16.3. The van der Waals surface area contributed by atoms with Gasteiger partial charge in [-0.3, -0.25) is 14.4 Å². The highest BCUT2D eigenvalue weighted by Crippen LogP contribution is 2.22. The number of carbonyl (C=O) groups is 3. The van der Waals surface area contributed by atoms with Gasteiger partial charge in [0.05, 0.1) is 4.90 Å². The maximum atomic E-state index is 13.2. The van der Waals surface area contributed by atoms with Gasteiger partial charge in [-0.25, -0.2) is 12.8 Å². The van der Waals surface area contributed by atoms with Gasteiger partial charge in [0.2, 0.25) is 21.8 Å².